The van der Waals surface area contributed by atoms with E-state index in [1.54, 1.807) is 6.20 Å². The van der Waals surface area contributed by atoms with Crippen LogP contribution in [0.25, 0.3) is 15.9 Å². The number of nitrogens with zero attached hydrogens (tertiary/aromatic N) is 5. The molecule has 1 saturated carbocycles. The lowest BCUT2D eigenvalue weighted by atomic mass is 9.98. The zero-order chi connectivity index (χ0) is 18.4. The average Bonchev–Trinajstić information content (AvgIpc) is 3.37. The minimum Gasteiger partial charge on any atom is -0.342 e. The highest BCUT2D eigenvalue weighted by Gasteiger charge is 2.42. The number of aromatic nitrogens is 3. The van der Waals surface area contributed by atoms with Crippen LogP contribution in [0.15, 0.2) is 42.6 Å². The van der Waals surface area contributed by atoms with Gasteiger partial charge in [-0.25, -0.2) is 9.83 Å². The van der Waals surface area contributed by atoms with Crippen LogP contribution in [0.4, 0.5) is 11.6 Å². The molecule has 7 heteroatoms. The Bertz CT molecular complexity index is 1020. The van der Waals surface area contributed by atoms with Crippen molar-refractivity contribution in [2.45, 2.75) is 25.4 Å². The molecule has 3 aromatic rings. The number of para-hydroxylation sites is 2. The lowest BCUT2D eigenvalue weighted by Crippen LogP contribution is -2.31. The summed E-state index contributed by atoms with van der Waals surface area (Å²) in [6, 6.07) is 12.3. The van der Waals surface area contributed by atoms with Gasteiger partial charge in [0.05, 0.1) is 29.8 Å². The summed E-state index contributed by atoms with van der Waals surface area (Å²) in [5, 5.41) is 0. The van der Waals surface area contributed by atoms with Crippen LogP contribution in [0.3, 0.4) is 0 Å². The topological polar surface area (TPSA) is 64.3 Å². The Morgan fingerprint density at radius 1 is 1.14 bits per heavy atom. The van der Waals surface area contributed by atoms with E-state index in [0.29, 0.717) is 30.1 Å². The van der Waals surface area contributed by atoms with E-state index in [-0.39, 0.29) is 12.4 Å². The Balaban J connectivity index is 0.00000192. The van der Waals surface area contributed by atoms with Gasteiger partial charge in [-0.2, -0.15) is 0 Å². The van der Waals surface area contributed by atoms with Crippen LogP contribution >= 0.6 is 12.4 Å². The normalized spacial score (nSPS) is 23.4. The molecule has 1 aliphatic heterocycles. The smallest absolute Gasteiger partial charge is 0.206 e. The molecule has 2 aliphatic rings. The number of pyridine rings is 1. The second-order valence-corrected chi connectivity index (χ2v) is 7.68. The van der Waals surface area contributed by atoms with Crippen LogP contribution < -0.4 is 10.6 Å². The molecule has 0 bridgehead atoms. The Labute approximate surface area is 170 Å². The van der Waals surface area contributed by atoms with Gasteiger partial charge >= 0.3 is 0 Å². The van der Waals surface area contributed by atoms with Crippen molar-refractivity contribution in [1.29, 1.82) is 0 Å². The van der Waals surface area contributed by atoms with Crippen LogP contribution in [0.5, 0.6) is 0 Å². The Hall–Kier alpha value is -2.62. The van der Waals surface area contributed by atoms with E-state index >= 15 is 0 Å². The average molecular weight is 395 g/mol. The van der Waals surface area contributed by atoms with E-state index < -0.39 is 0 Å². The number of imidazole rings is 1. The number of anilines is 1. The molecule has 1 aliphatic carbocycles. The second kappa shape index (κ2) is 7.42. The lowest BCUT2D eigenvalue weighted by molar-refractivity contribution is 0.453. The fraction of sp³-hybridized carbons (Fsp3) is 0.381. The first-order valence-corrected chi connectivity index (χ1v) is 9.51. The summed E-state index contributed by atoms with van der Waals surface area (Å²) in [7, 11) is 0. The fourth-order valence-electron chi connectivity index (χ4n) is 4.67. The molecule has 2 N–H and O–H groups in total. The first-order chi connectivity index (χ1) is 13.2. The van der Waals surface area contributed by atoms with E-state index in [1.165, 1.54) is 6.42 Å². The monoisotopic (exact) mass is 394 g/mol. The SMILES string of the molecule is Cl.[C-]#[N+]c1ccc(Cn2c(N3C[C@@H]4CC[C@H](N)[C@@H]4C3)nc3ccccc32)nc1. The van der Waals surface area contributed by atoms with Crippen molar-refractivity contribution >= 4 is 35.1 Å². The molecule has 6 nitrogen and oxygen atoms in total. The molecule has 28 heavy (non-hydrogen) atoms. The van der Waals surface area contributed by atoms with Crippen LogP contribution in [0.1, 0.15) is 18.5 Å². The van der Waals surface area contributed by atoms with Crippen molar-refractivity contribution in [2.75, 3.05) is 18.0 Å². The third-order valence-corrected chi connectivity index (χ3v) is 6.09. The quantitative estimate of drug-likeness (QED) is 0.689. The van der Waals surface area contributed by atoms with Crippen LogP contribution in [0, 0.1) is 18.4 Å². The van der Waals surface area contributed by atoms with E-state index in [1.807, 2.05) is 18.2 Å². The highest BCUT2D eigenvalue weighted by molar-refractivity contribution is 5.85. The Kier molecular flexibility index (Phi) is 4.96. The second-order valence-electron chi connectivity index (χ2n) is 7.68. The van der Waals surface area contributed by atoms with Gasteiger partial charge in [0, 0.05) is 25.3 Å². The van der Waals surface area contributed by atoms with E-state index in [9.17, 15) is 0 Å². The number of halogens is 1. The molecule has 3 atom stereocenters. The molecule has 1 saturated heterocycles. The van der Waals surface area contributed by atoms with E-state index in [4.69, 9.17) is 17.3 Å². The maximum absolute atomic E-state index is 7.10. The largest absolute Gasteiger partial charge is 0.342 e. The molecule has 2 fully saturated rings. The summed E-state index contributed by atoms with van der Waals surface area (Å²) in [5.74, 6) is 2.27. The van der Waals surface area contributed by atoms with E-state index in [2.05, 4.69) is 37.5 Å². The standard InChI is InChI=1S/C21H22N6.ClH/c1-23-15-7-8-16(24-10-15)12-27-20-5-3-2-4-19(20)25-21(27)26-11-14-6-9-18(22)17(14)13-26;/h2-5,7-8,10,14,17-18H,6,9,11-13,22H2;1H/t14-,17+,18-;/m0./s1. The van der Waals surface area contributed by atoms with Gasteiger partial charge in [-0.15, -0.1) is 12.4 Å². The molecule has 1 aromatic carbocycles. The summed E-state index contributed by atoms with van der Waals surface area (Å²) in [5.41, 5.74) is 9.96. The van der Waals surface area contributed by atoms with Gasteiger partial charge < -0.3 is 15.2 Å². The summed E-state index contributed by atoms with van der Waals surface area (Å²) >= 11 is 0. The number of nitrogens with two attached hydrogens (primary N) is 1. The minimum absolute atomic E-state index is 0. The number of hydrogen-bond acceptors (Lipinski definition) is 4. The number of rotatable bonds is 3. The van der Waals surface area contributed by atoms with E-state index in [0.717, 1.165) is 42.2 Å². The van der Waals surface area contributed by atoms with Gasteiger partial charge in [-0.3, -0.25) is 4.98 Å². The van der Waals surface area contributed by atoms with Crippen molar-refractivity contribution in [1.82, 2.24) is 14.5 Å². The summed E-state index contributed by atoms with van der Waals surface area (Å²) in [6.45, 7) is 9.76. The van der Waals surface area contributed by atoms with Crippen LogP contribution in [-0.4, -0.2) is 33.7 Å². The fourth-order valence-corrected chi connectivity index (χ4v) is 4.67. The maximum Gasteiger partial charge on any atom is 0.206 e. The molecular formula is C21H23ClN6. The van der Waals surface area contributed by atoms with Crippen molar-refractivity contribution in [3.63, 3.8) is 0 Å². The Morgan fingerprint density at radius 3 is 2.75 bits per heavy atom. The molecule has 3 heterocycles. The van der Waals surface area contributed by atoms with Gasteiger partial charge in [0.2, 0.25) is 11.6 Å². The van der Waals surface area contributed by atoms with Gasteiger partial charge in [0.1, 0.15) is 0 Å². The highest BCUT2D eigenvalue weighted by Crippen LogP contribution is 2.39. The molecular weight excluding hydrogens is 372 g/mol. The first-order valence-electron chi connectivity index (χ1n) is 9.51. The molecule has 2 aromatic heterocycles. The molecule has 0 spiro atoms. The highest BCUT2D eigenvalue weighted by atomic mass is 35.5. The maximum atomic E-state index is 7.10. The molecule has 0 radical (unpaired) electrons. The van der Waals surface area contributed by atoms with Crippen LogP contribution in [-0.2, 0) is 6.54 Å². The molecule has 0 unspecified atom stereocenters. The summed E-state index contributed by atoms with van der Waals surface area (Å²) in [4.78, 5) is 15.2. The number of fused-ring (bicyclic) bond motifs is 2. The third-order valence-electron chi connectivity index (χ3n) is 6.09. The third kappa shape index (κ3) is 3.11. The zero-order valence-electron chi connectivity index (χ0n) is 15.5. The lowest BCUT2D eigenvalue weighted by Gasteiger charge is -2.21. The predicted octanol–water partition coefficient (Wildman–Crippen LogP) is 3.63. The van der Waals surface area contributed by atoms with Crippen molar-refractivity contribution in [2.24, 2.45) is 17.6 Å². The Morgan fingerprint density at radius 2 is 2.00 bits per heavy atom. The zero-order valence-corrected chi connectivity index (χ0v) is 16.3. The van der Waals surface area contributed by atoms with Crippen molar-refractivity contribution in [3.8, 4) is 0 Å². The summed E-state index contributed by atoms with van der Waals surface area (Å²) < 4.78 is 2.25. The van der Waals surface area contributed by atoms with Gasteiger partial charge in [0.15, 0.2) is 0 Å². The van der Waals surface area contributed by atoms with Gasteiger partial charge in [-0.1, -0.05) is 18.2 Å². The van der Waals surface area contributed by atoms with Crippen molar-refractivity contribution < 1.29 is 0 Å². The number of hydrogen-bond donors (Lipinski definition) is 1. The predicted molar refractivity (Wildman–Crippen MR) is 113 cm³/mol. The number of benzene rings is 1. The molecule has 5 rings (SSSR count). The first kappa shape index (κ1) is 18.7. The minimum atomic E-state index is 0. The van der Waals surface area contributed by atoms with Crippen LogP contribution in [0.2, 0.25) is 0 Å². The molecule has 0 amide bonds. The van der Waals surface area contributed by atoms with Crippen molar-refractivity contribution in [3.05, 3.63) is 59.7 Å². The van der Waals surface area contributed by atoms with Gasteiger partial charge in [0.25, 0.3) is 0 Å². The van der Waals surface area contributed by atoms with Gasteiger partial charge in [-0.05, 0) is 42.9 Å². The molecule has 144 valence electrons. The summed E-state index contributed by atoms with van der Waals surface area (Å²) in [6.07, 6.45) is 4.01.